The van der Waals surface area contributed by atoms with Crippen molar-refractivity contribution >= 4 is 34.7 Å². The lowest BCUT2D eigenvalue weighted by Gasteiger charge is -2.14. The first-order valence-corrected chi connectivity index (χ1v) is 7.31. The van der Waals surface area contributed by atoms with E-state index in [1.165, 1.54) is 13.2 Å². The molecule has 0 saturated carbocycles. The van der Waals surface area contributed by atoms with Crippen LogP contribution in [0.4, 0.5) is 10.1 Å². The average Bonchev–Trinajstić information content (AvgIpc) is 2.48. The standard InChI is InChI=1S/C16H15ClFNO2S/c1-10-6-7-15(12(17)8-10)21-9-11-13(18)4-3-5-14(11)19-16(22)20-2/h3-8H,9H2,1-2H3,(H,19,22). The fourth-order valence-electron chi connectivity index (χ4n) is 1.86. The molecule has 0 unspecified atom stereocenters. The van der Waals surface area contributed by atoms with Crippen LogP contribution in [0, 0.1) is 12.7 Å². The number of benzene rings is 2. The maximum absolute atomic E-state index is 14.0. The zero-order valence-electron chi connectivity index (χ0n) is 12.2. The first-order chi connectivity index (χ1) is 10.5. The molecule has 2 rings (SSSR count). The minimum atomic E-state index is -0.396. The molecule has 1 N–H and O–H groups in total. The number of ether oxygens (including phenoxy) is 2. The molecule has 0 fully saturated rings. The van der Waals surface area contributed by atoms with Crippen LogP contribution in [0.2, 0.25) is 5.02 Å². The average molecular weight is 340 g/mol. The van der Waals surface area contributed by atoms with Gasteiger partial charge in [-0.1, -0.05) is 23.7 Å². The fourth-order valence-corrected chi connectivity index (χ4v) is 2.26. The van der Waals surface area contributed by atoms with Crippen molar-refractivity contribution < 1.29 is 13.9 Å². The number of rotatable bonds is 4. The summed E-state index contributed by atoms with van der Waals surface area (Å²) in [7, 11) is 1.44. The van der Waals surface area contributed by atoms with Crippen molar-refractivity contribution in [1.29, 1.82) is 0 Å². The van der Waals surface area contributed by atoms with Crippen molar-refractivity contribution in [2.24, 2.45) is 0 Å². The van der Waals surface area contributed by atoms with Crippen molar-refractivity contribution in [2.45, 2.75) is 13.5 Å². The second-order valence-corrected chi connectivity index (χ2v) is 5.38. The molecule has 0 heterocycles. The molecule has 0 aromatic heterocycles. The second-order valence-electron chi connectivity index (χ2n) is 4.61. The molecule has 0 saturated heterocycles. The van der Waals surface area contributed by atoms with Gasteiger partial charge in [0.05, 0.1) is 17.8 Å². The monoisotopic (exact) mass is 339 g/mol. The molecule has 0 atom stereocenters. The molecule has 0 aliphatic rings. The molecular weight excluding hydrogens is 325 g/mol. The zero-order chi connectivity index (χ0) is 16.1. The Labute approximate surface area is 139 Å². The maximum atomic E-state index is 14.0. The highest BCUT2D eigenvalue weighted by Crippen LogP contribution is 2.28. The molecule has 3 nitrogen and oxygen atoms in total. The van der Waals surface area contributed by atoms with E-state index in [9.17, 15) is 4.39 Å². The molecule has 0 aliphatic carbocycles. The number of nitrogens with one attached hydrogen (secondary N) is 1. The summed E-state index contributed by atoms with van der Waals surface area (Å²) >= 11 is 11.0. The molecule has 0 aliphatic heterocycles. The SMILES string of the molecule is COC(=S)Nc1cccc(F)c1COc1ccc(C)cc1Cl. The highest BCUT2D eigenvalue weighted by molar-refractivity contribution is 7.80. The Kier molecular flexibility index (Phi) is 5.57. The van der Waals surface area contributed by atoms with E-state index in [0.29, 0.717) is 22.0 Å². The Morgan fingerprint density at radius 1 is 1.32 bits per heavy atom. The first kappa shape index (κ1) is 16.5. The van der Waals surface area contributed by atoms with Crippen LogP contribution in [0.25, 0.3) is 0 Å². The minimum Gasteiger partial charge on any atom is -0.487 e. The summed E-state index contributed by atoms with van der Waals surface area (Å²) < 4.78 is 24.5. The van der Waals surface area contributed by atoms with Crippen LogP contribution in [0.15, 0.2) is 36.4 Å². The maximum Gasteiger partial charge on any atom is 0.260 e. The fraction of sp³-hybridized carbons (Fsp3) is 0.188. The molecular formula is C16H15ClFNO2S. The quantitative estimate of drug-likeness (QED) is 0.817. The molecule has 0 radical (unpaired) electrons. The summed E-state index contributed by atoms with van der Waals surface area (Å²) in [6.07, 6.45) is 0. The third-order valence-electron chi connectivity index (χ3n) is 3.00. The number of anilines is 1. The predicted molar refractivity (Wildman–Crippen MR) is 90.2 cm³/mol. The van der Waals surface area contributed by atoms with Crippen LogP contribution >= 0.6 is 23.8 Å². The summed E-state index contributed by atoms with van der Waals surface area (Å²) in [6, 6.07) is 10.1. The number of aryl methyl sites for hydroxylation is 1. The van der Waals surface area contributed by atoms with Gasteiger partial charge in [-0.25, -0.2) is 4.39 Å². The van der Waals surface area contributed by atoms with Crippen molar-refractivity contribution in [1.82, 2.24) is 0 Å². The van der Waals surface area contributed by atoms with E-state index < -0.39 is 5.82 Å². The summed E-state index contributed by atoms with van der Waals surface area (Å²) in [5.74, 6) is 0.0999. The van der Waals surface area contributed by atoms with E-state index in [2.05, 4.69) is 5.32 Å². The van der Waals surface area contributed by atoms with Gasteiger partial charge in [0.1, 0.15) is 18.2 Å². The Morgan fingerprint density at radius 3 is 2.77 bits per heavy atom. The van der Waals surface area contributed by atoms with E-state index in [1.54, 1.807) is 24.3 Å². The number of thiocarbonyl (C=S) groups is 1. The number of halogens is 2. The van der Waals surface area contributed by atoms with Gasteiger partial charge in [-0.2, -0.15) is 0 Å². The van der Waals surface area contributed by atoms with Gasteiger partial charge >= 0.3 is 0 Å². The second kappa shape index (κ2) is 7.42. The molecule has 6 heteroatoms. The summed E-state index contributed by atoms with van der Waals surface area (Å²) in [5.41, 5.74) is 1.87. The number of hydrogen-bond acceptors (Lipinski definition) is 3. The molecule has 2 aromatic rings. The van der Waals surface area contributed by atoms with E-state index in [4.69, 9.17) is 33.3 Å². The van der Waals surface area contributed by atoms with Crippen LogP contribution in [0.1, 0.15) is 11.1 Å². The minimum absolute atomic E-state index is 0.0180. The lowest BCUT2D eigenvalue weighted by atomic mass is 10.1. The summed E-state index contributed by atoms with van der Waals surface area (Å²) in [4.78, 5) is 0. The van der Waals surface area contributed by atoms with E-state index in [-0.39, 0.29) is 11.8 Å². The Morgan fingerprint density at radius 2 is 2.09 bits per heavy atom. The van der Waals surface area contributed by atoms with Crippen LogP contribution in [-0.4, -0.2) is 12.3 Å². The van der Waals surface area contributed by atoms with Gasteiger partial charge in [0.15, 0.2) is 0 Å². The number of hydrogen-bond donors (Lipinski definition) is 1. The third-order valence-corrected chi connectivity index (χ3v) is 3.56. The molecule has 2 aromatic carbocycles. The topological polar surface area (TPSA) is 30.5 Å². The Hall–Kier alpha value is -1.85. The van der Waals surface area contributed by atoms with Gasteiger partial charge in [-0.15, -0.1) is 0 Å². The Bertz CT molecular complexity index is 694. The van der Waals surface area contributed by atoms with Crippen molar-refractivity contribution in [3.63, 3.8) is 0 Å². The van der Waals surface area contributed by atoms with Crippen molar-refractivity contribution in [3.8, 4) is 5.75 Å². The van der Waals surface area contributed by atoms with Gasteiger partial charge < -0.3 is 14.8 Å². The molecule has 22 heavy (non-hydrogen) atoms. The Balaban J connectivity index is 2.19. The summed E-state index contributed by atoms with van der Waals surface area (Å²) in [6.45, 7) is 1.95. The van der Waals surface area contributed by atoms with Crippen LogP contribution in [0.5, 0.6) is 5.75 Å². The third kappa shape index (κ3) is 4.08. The summed E-state index contributed by atoms with van der Waals surface area (Å²) in [5, 5.41) is 3.45. The highest BCUT2D eigenvalue weighted by atomic mass is 35.5. The zero-order valence-corrected chi connectivity index (χ0v) is 13.7. The molecule has 116 valence electrons. The van der Waals surface area contributed by atoms with Crippen LogP contribution in [0.3, 0.4) is 0 Å². The van der Waals surface area contributed by atoms with Gasteiger partial charge in [-0.05, 0) is 49.0 Å². The lowest BCUT2D eigenvalue weighted by molar-refractivity contribution is 0.300. The van der Waals surface area contributed by atoms with Gasteiger partial charge in [0.25, 0.3) is 5.17 Å². The van der Waals surface area contributed by atoms with Crippen LogP contribution < -0.4 is 10.1 Å². The predicted octanol–water partition coefficient (Wildman–Crippen LogP) is 4.71. The number of methoxy groups -OCH3 is 1. The largest absolute Gasteiger partial charge is 0.487 e. The lowest BCUT2D eigenvalue weighted by Crippen LogP contribution is -2.14. The first-order valence-electron chi connectivity index (χ1n) is 6.52. The smallest absolute Gasteiger partial charge is 0.260 e. The van der Waals surface area contributed by atoms with Gasteiger partial charge in [0, 0.05) is 5.56 Å². The van der Waals surface area contributed by atoms with E-state index in [0.717, 1.165) is 5.56 Å². The van der Waals surface area contributed by atoms with E-state index >= 15 is 0 Å². The molecule has 0 amide bonds. The normalized spacial score (nSPS) is 10.2. The highest BCUT2D eigenvalue weighted by Gasteiger charge is 2.12. The molecule has 0 bridgehead atoms. The van der Waals surface area contributed by atoms with Crippen LogP contribution in [-0.2, 0) is 11.3 Å². The van der Waals surface area contributed by atoms with Gasteiger partial charge in [0.2, 0.25) is 0 Å². The van der Waals surface area contributed by atoms with Crippen molar-refractivity contribution in [3.05, 3.63) is 58.4 Å². The van der Waals surface area contributed by atoms with Crippen molar-refractivity contribution in [2.75, 3.05) is 12.4 Å². The molecule has 0 spiro atoms. The van der Waals surface area contributed by atoms with E-state index in [1.807, 2.05) is 13.0 Å². The van der Waals surface area contributed by atoms with Gasteiger partial charge in [-0.3, -0.25) is 0 Å².